The average molecular weight is 342 g/mol. The van der Waals surface area contributed by atoms with Crippen LogP contribution in [0.2, 0.25) is 0 Å². The highest BCUT2D eigenvalue weighted by Gasteiger charge is 2.14. The van der Waals surface area contributed by atoms with Gasteiger partial charge in [-0.2, -0.15) is 0 Å². The maximum atomic E-state index is 11.8. The first-order valence-corrected chi connectivity index (χ1v) is 8.15. The average Bonchev–Trinajstić information content (AvgIpc) is 2.56. The van der Waals surface area contributed by atoms with Crippen LogP contribution in [0.15, 0.2) is 42.5 Å². The number of anilines is 1. The number of rotatable bonds is 4. The molecule has 0 saturated heterocycles. The van der Waals surface area contributed by atoms with Crippen molar-refractivity contribution in [2.75, 3.05) is 12.4 Å². The molecule has 0 aliphatic rings. The molecule has 0 spiro atoms. The van der Waals surface area contributed by atoms with Gasteiger partial charge in [0.25, 0.3) is 0 Å². The molecule has 1 unspecified atom stereocenters. The second kappa shape index (κ2) is 7.93. The van der Waals surface area contributed by atoms with Gasteiger partial charge >= 0.3 is 5.97 Å². The molecule has 2 N–H and O–H groups in total. The van der Waals surface area contributed by atoms with E-state index in [1.807, 2.05) is 25.1 Å². The van der Waals surface area contributed by atoms with Gasteiger partial charge in [0.05, 0.1) is 18.7 Å². The van der Waals surface area contributed by atoms with E-state index in [1.165, 1.54) is 18.2 Å². The third-order valence-corrected chi connectivity index (χ3v) is 4.21. The zero-order chi connectivity index (χ0) is 17.7. The molecule has 0 radical (unpaired) electrons. The maximum Gasteiger partial charge on any atom is 0.338 e. The van der Waals surface area contributed by atoms with Crippen molar-refractivity contribution in [3.63, 3.8) is 0 Å². The summed E-state index contributed by atoms with van der Waals surface area (Å²) in [5.41, 5.74) is 4.52. The molecule has 0 fully saturated rings. The Kier molecular flexibility index (Phi) is 5.93. The molecular weight excluding hydrogens is 320 g/mol. The Morgan fingerprint density at radius 1 is 1.12 bits per heavy atom. The minimum Gasteiger partial charge on any atom is -0.465 e. The molecular formula is C19H22N2O2S. The van der Waals surface area contributed by atoms with Crippen molar-refractivity contribution in [2.24, 2.45) is 0 Å². The Hall–Kier alpha value is -2.40. The van der Waals surface area contributed by atoms with Crippen LogP contribution in [-0.2, 0) is 4.74 Å². The van der Waals surface area contributed by atoms with Crippen LogP contribution in [-0.4, -0.2) is 18.2 Å². The van der Waals surface area contributed by atoms with Crippen molar-refractivity contribution >= 4 is 29.0 Å². The first-order chi connectivity index (χ1) is 11.4. The summed E-state index contributed by atoms with van der Waals surface area (Å²) in [6.07, 6.45) is 0. The quantitative estimate of drug-likeness (QED) is 0.646. The fourth-order valence-corrected chi connectivity index (χ4v) is 2.89. The Balaban J connectivity index is 2.10. The summed E-state index contributed by atoms with van der Waals surface area (Å²) in [4.78, 5) is 11.8. The fraction of sp³-hybridized carbons (Fsp3) is 0.263. The maximum absolute atomic E-state index is 11.8. The van der Waals surface area contributed by atoms with Crippen molar-refractivity contribution < 1.29 is 9.53 Å². The lowest BCUT2D eigenvalue weighted by Crippen LogP contribution is -2.31. The molecule has 4 nitrogen and oxygen atoms in total. The van der Waals surface area contributed by atoms with E-state index in [0.29, 0.717) is 10.7 Å². The molecule has 2 aromatic rings. The number of carbonyl (C=O) groups excluding carboxylic acids is 1. The third kappa shape index (κ3) is 4.11. The summed E-state index contributed by atoms with van der Waals surface area (Å²) in [5.74, 6) is -0.358. The molecule has 0 amide bonds. The van der Waals surface area contributed by atoms with Crippen molar-refractivity contribution in [3.8, 4) is 0 Å². The predicted molar refractivity (Wildman–Crippen MR) is 101 cm³/mol. The molecule has 0 heterocycles. The van der Waals surface area contributed by atoms with Gasteiger partial charge in [-0.15, -0.1) is 0 Å². The highest BCUT2D eigenvalue weighted by atomic mass is 32.1. The lowest BCUT2D eigenvalue weighted by Gasteiger charge is -2.20. The van der Waals surface area contributed by atoms with Gasteiger partial charge in [0.1, 0.15) is 0 Å². The second-order valence-electron chi connectivity index (χ2n) is 5.65. The zero-order valence-corrected chi connectivity index (χ0v) is 15.2. The van der Waals surface area contributed by atoms with Gasteiger partial charge in [-0.25, -0.2) is 4.79 Å². The smallest absolute Gasteiger partial charge is 0.338 e. The molecule has 0 saturated carbocycles. The van der Waals surface area contributed by atoms with Crippen LogP contribution in [0, 0.1) is 13.8 Å². The van der Waals surface area contributed by atoms with Gasteiger partial charge in [0.2, 0.25) is 0 Å². The van der Waals surface area contributed by atoms with Crippen LogP contribution < -0.4 is 10.6 Å². The van der Waals surface area contributed by atoms with Gasteiger partial charge in [-0.05, 0) is 61.8 Å². The van der Waals surface area contributed by atoms with Crippen LogP contribution in [0.1, 0.15) is 40.0 Å². The Bertz CT molecular complexity index is 759. The van der Waals surface area contributed by atoms with E-state index in [-0.39, 0.29) is 12.0 Å². The number of thiocarbonyl (C=S) groups is 1. The summed E-state index contributed by atoms with van der Waals surface area (Å²) >= 11 is 5.41. The monoisotopic (exact) mass is 342 g/mol. The van der Waals surface area contributed by atoms with E-state index in [0.717, 1.165) is 11.3 Å². The molecule has 2 rings (SSSR count). The molecule has 5 heteroatoms. The highest BCUT2D eigenvalue weighted by Crippen LogP contribution is 2.21. The molecule has 0 bridgehead atoms. The fourth-order valence-electron chi connectivity index (χ4n) is 2.61. The van der Waals surface area contributed by atoms with Crippen molar-refractivity contribution in [1.29, 1.82) is 0 Å². The standard InChI is InChI=1S/C19H22N2O2S/c1-12-8-5-6-9-15(12)14(3)20-19(24)21-17-11-7-10-16(13(17)2)18(22)23-4/h5-11,14H,1-4H3,(H2,20,21,24). The lowest BCUT2D eigenvalue weighted by molar-refractivity contribution is 0.0600. The first-order valence-electron chi connectivity index (χ1n) is 7.75. The zero-order valence-electron chi connectivity index (χ0n) is 14.3. The van der Waals surface area contributed by atoms with E-state index >= 15 is 0 Å². The number of aryl methyl sites for hydroxylation is 1. The molecule has 0 aliphatic carbocycles. The lowest BCUT2D eigenvalue weighted by atomic mass is 10.0. The largest absolute Gasteiger partial charge is 0.465 e. The van der Waals surface area contributed by atoms with Crippen LogP contribution in [0.3, 0.4) is 0 Å². The van der Waals surface area contributed by atoms with Crippen LogP contribution >= 0.6 is 12.2 Å². The molecule has 1 atom stereocenters. The number of ether oxygens (including phenoxy) is 1. The van der Waals surface area contributed by atoms with Crippen LogP contribution in [0.4, 0.5) is 5.69 Å². The number of esters is 1. The van der Waals surface area contributed by atoms with Crippen molar-refractivity contribution in [1.82, 2.24) is 5.32 Å². The van der Waals surface area contributed by atoms with Gasteiger partial charge in [-0.1, -0.05) is 30.3 Å². The summed E-state index contributed by atoms with van der Waals surface area (Å²) in [7, 11) is 1.37. The SMILES string of the molecule is COC(=O)c1cccc(NC(=S)NC(C)c2ccccc2C)c1C. The van der Waals surface area contributed by atoms with Crippen molar-refractivity contribution in [2.45, 2.75) is 26.8 Å². The van der Waals surface area contributed by atoms with E-state index in [4.69, 9.17) is 17.0 Å². The van der Waals surface area contributed by atoms with E-state index in [2.05, 4.69) is 36.6 Å². The van der Waals surface area contributed by atoms with Crippen LogP contribution in [0.5, 0.6) is 0 Å². The number of methoxy groups -OCH3 is 1. The topological polar surface area (TPSA) is 50.4 Å². The van der Waals surface area contributed by atoms with E-state index < -0.39 is 0 Å². The molecule has 126 valence electrons. The van der Waals surface area contributed by atoms with E-state index in [9.17, 15) is 4.79 Å². The van der Waals surface area contributed by atoms with Crippen LogP contribution in [0.25, 0.3) is 0 Å². The predicted octanol–water partition coefficient (Wildman–Crippen LogP) is 4.14. The number of benzene rings is 2. The van der Waals surface area contributed by atoms with Crippen molar-refractivity contribution in [3.05, 3.63) is 64.7 Å². The summed E-state index contributed by atoms with van der Waals surface area (Å²) in [6.45, 7) is 6.00. The minimum absolute atomic E-state index is 0.0790. The number of hydrogen-bond acceptors (Lipinski definition) is 3. The number of nitrogens with one attached hydrogen (secondary N) is 2. The first kappa shape index (κ1) is 17.9. The van der Waals surface area contributed by atoms with Gasteiger partial charge in [0.15, 0.2) is 5.11 Å². The Labute approximate surface area is 148 Å². The molecule has 0 aliphatic heterocycles. The Morgan fingerprint density at radius 2 is 1.83 bits per heavy atom. The normalized spacial score (nSPS) is 11.5. The summed E-state index contributed by atoms with van der Waals surface area (Å²) in [5, 5.41) is 6.95. The van der Waals surface area contributed by atoms with E-state index in [1.54, 1.807) is 12.1 Å². The summed E-state index contributed by atoms with van der Waals surface area (Å²) < 4.78 is 4.80. The third-order valence-electron chi connectivity index (χ3n) is 3.99. The van der Waals surface area contributed by atoms with Gasteiger partial charge in [-0.3, -0.25) is 0 Å². The number of hydrogen-bond donors (Lipinski definition) is 2. The molecule has 2 aromatic carbocycles. The Morgan fingerprint density at radius 3 is 2.50 bits per heavy atom. The summed E-state index contributed by atoms with van der Waals surface area (Å²) in [6, 6.07) is 13.7. The molecule has 24 heavy (non-hydrogen) atoms. The molecule has 0 aromatic heterocycles. The minimum atomic E-state index is -0.358. The van der Waals surface area contributed by atoms with Gasteiger partial charge < -0.3 is 15.4 Å². The number of carbonyl (C=O) groups is 1. The van der Waals surface area contributed by atoms with Gasteiger partial charge in [0, 0.05) is 5.69 Å². The second-order valence-corrected chi connectivity index (χ2v) is 6.05. The highest BCUT2D eigenvalue weighted by molar-refractivity contribution is 7.80.